The molecule has 0 aromatic carbocycles. The molecule has 5 rings (SSSR count). The number of halogens is 2. The number of carbonyl (C=O) groups excluding carboxylic acids is 2. The number of carbonyl (C=O) groups is 2. The smallest absolute Gasteiger partial charge is 0.246 e. The lowest BCUT2D eigenvalue weighted by Crippen LogP contribution is -2.70. The van der Waals surface area contributed by atoms with Crippen molar-refractivity contribution in [2.75, 3.05) is 13.2 Å². The van der Waals surface area contributed by atoms with Crippen molar-refractivity contribution in [3.05, 3.63) is 0 Å². The number of hydrogen-bond donors (Lipinski definition) is 3. The van der Waals surface area contributed by atoms with Crippen LogP contribution in [-0.4, -0.2) is 71.1 Å². The summed E-state index contributed by atoms with van der Waals surface area (Å²) in [4.78, 5) is 25.4. The Labute approximate surface area is 219 Å². The zero-order chi connectivity index (χ0) is 25.9. The molecule has 206 valence electrons. The fourth-order valence-electron chi connectivity index (χ4n) is 7.04. The predicted molar refractivity (Wildman–Crippen MR) is 136 cm³/mol. The molecule has 0 spiro atoms. The van der Waals surface area contributed by atoms with Crippen molar-refractivity contribution < 1.29 is 28.6 Å². The molecule has 0 saturated heterocycles. The molecule has 7 atom stereocenters. The lowest BCUT2D eigenvalue weighted by Gasteiger charge is -2.56. The Morgan fingerprint density at radius 1 is 0.972 bits per heavy atom. The highest BCUT2D eigenvalue weighted by Crippen LogP contribution is 2.47. The second-order valence-corrected chi connectivity index (χ2v) is 12.6. The molecule has 0 aliphatic heterocycles. The molecule has 6 unspecified atom stereocenters. The lowest BCUT2D eigenvalue weighted by atomic mass is 9.60. The summed E-state index contributed by atoms with van der Waals surface area (Å²) >= 11 is 5.92. The van der Waals surface area contributed by atoms with Gasteiger partial charge < -0.3 is 25.2 Å². The Bertz CT molecular complexity index is 777. The molecule has 0 heterocycles. The summed E-state index contributed by atoms with van der Waals surface area (Å²) in [5.74, 6) is 0.854. The minimum Gasteiger partial charge on any atom is -0.391 e. The van der Waals surface area contributed by atoms with Crippen molar-refractivity contribution in [2.24, 2.45) is 11.8 Å². The van der Waals surface area contributed by atoms with Gasteiger partial charge in [-0.05, 0) is 76.0 Å². The van der Waals surface area contributed by atoms with E-state index in [0.29, 0.717) is 56.8 Å². The Balaban J connectivity index is 1.21. The number of hydrogen-bond acceptors (Lipinski definition) is 5. The number of fused-ring (bicyclic) bond motifs is 3. The first kappa shape index (κ1) is 28.1. The zero-order valence-electron chi connectivity index (χ0n) is 21.8. The van der Waals surface area contributed by atoms with E-state index in [2.05, 4.69) is 24.5 Å². The van der Waals surface area contributed by atoms with Gasteiger partial charge >= 0.3 is 0 Å². The van der Waals surface area contributed by atoms with E-state index in [1.165, 1.54) is 6.42 Å². The van der Waals surface area contributed by atoms with Gasteiger partial charge in [0.25, 0.3) is 0 Å². The minimum absolute atomic E-state index is 0.0207. The van der Waals surface area contributed by atoms with E-state index in [4.69, 9.17) is 21.1 Å². The maximum absolute atomic E-state index is 13.8. The van der Waals surface area contributed by atoms with Crippen LogP contribution in [0.15, 0.2) is 0 Å². The van der Waals surface area contributed by atoms with Crippen LogP contribution in [0.5, 0.6) is 0 Å². The average Bonchev–Trinajstić information content (AvgIpc) is 2.84. The summed E-state index contributed by atoms with van der Waals surface area (Å²) in [6.07, 6.45) is 6.72. The number of amides is 2. The van der Waals surface area contributed by atoms with Crippen molar-refractivity contribution in [1.82, 2.24) is 10.6 Å². The van der Waals surface area contributed by atoms with Gasteiger partial charge in [0.05, 0.1) is 29.2 Å². The van der Waals surface area contributed by atoms with Crippen molar-refractivity contribution in [3.63, 3.8) is 0 Å². The summed E-state index contributed by atoms with van der Waals surface area (Å²) in [6.45, 7) is 4.36. The summed E-state index contributed by atoms with van der Waals surface area (Å²) in [5.41, 5.74) is -1.15. The van der Waals surface area contributed by atoms with E-state index < -0.39 is 28.7 Å². The fraction of sp³-hybridized carbons (Fsp3) is 0.926. The fourth-order valence-corrected chi connectivity index (χ4v) is 7.27. The number of aliphatic hydroxyl groups excluding tert-OH is 1. The predicted octanol–water partition coefficient (Wildman–Crippen LogP) is 3.78. The third-order valence-corrected chi connectivity index (χ3v) is 9.73. The Hall–Kier alpha value is -0.960. The molecule has 5 saturated carbocycles. The standard InChI is InChI=1S/C27H44ClFN2O5/c1-3-18-10-17(2)11-20(12-18)36-16-25(34)31-27-8-6-26(7-9-27,14-23(27)32)30-24(33)15-35-19-4-5-21(28)22(29)13-19/h17-23,32H,3-16H2,1-2H3,(H,30,33)(H,31,34)/t17?,18?,19?,20?,21?,22?,23-,26?,27?/m0/s1. The molecule has 9 heteroatoms. The van der Waals surface area contributed by atoms with Crippen LogP contribution in [0.4, 0.5) is 4.39 Å². The van der Waals surface area contributed by atoms with Gasteiger partial charge in [-0.15, -0.1) is 11.6 Å². The molecule has 5 aliphatic rings. The summed E-state index contributed by atoms with van der Waals surface area (Å²) in [5, 5.41) is 16.7. The molecule has 2 bridgehead atoms. The molecule has 5 aliphatic carbocycles. The molecule has 2 amide bonds. The number of aliphatic hydroxyl groups is 1. The monoisotopic (exact) mass is 530 g/mol. The Morgan fingerprint density at radius 3 is 2.28 bits per heavy atom. The van der Waals surface area contributed by atoms with Crippen LogP contribution in [0.25, 0.3) is 0 Å². The van der Waals surface area contributed by atoms with Gasteiger partial charge in [0.2, 0.25) is 11.8 Å². The normalized spacial score (nSPS) is 42.6. The van der Waals surface area contributed by atoms with Crippen LogP contribution >= 0.6 is 11.6 Å². The van der Waals surface area contributed by atoms with Crippen LogP contribution in [0.3, 0.4) is 0 Å². The van der Waals surface area contributed by atoms with Gasteiger partial charge in [-0.1, -0.05) is 20.3 Å². The first-order chi connectivity index (χ1) is 17.1. The summed E-state index contributed by atoms with van der Waals surface area (Å²) in [6, 6.07) is 0. The van der Waals surface area contributed by atoms with Gasteiger partial charge in [0.15, 0.2) is 0 Å². The van der Waals surface area contributed by atoms with E-state index in [9.17, 15) is 19.1 Å². The van der Waals surface area contributed by atoms with E-state index in [0.717, 1.165) is 19.3 Å². The molecule has 3 N–H and O–H groups in total. The molecule has 5 fully saturated rings. The lowest BCUT2D eigenvalue weighted by molar-refractivity contribution is -0.142. The van der Waals surface area contributed by atoms with Crippen molar-refractivity contribution in [3.8, 4) is 0 Å². The maximum atomic E-state index is 13.8. The van der Waals surface area contributed by atoms with E-state index in [1.807, 2.05) is 0 Å². The van der Waals surface area contributed by atoms with Crippen molar-refractivity contribution >= 4 is 23.4 Å². The number of rotatable bonds is 9. The van der Waals surface area contributed by atoms with E-state index >= 15 is 0 Å². The largest absolute Gasteiger partial charge is 0.391 e. The summed E-state index contributed by atoms with van der Waals surface area (Å²) in [7, 11) is 0. The molecular weight excluding hydrogens is 487 g/mol. The van der Waals surface area contributed by atoms with Gasteiger partial charge in [-0.2, -0.15) is 0 Å². The molecule has 0 aromatic rings. The molecular formula is C27H44ClFN2O5. The highest BCUT2D eigenvalue weighted by Gasteiger charge is 2.55. The van der Waals surface area contributed by atoms with Gasteiger partial charge in [0.1, 0.15) is 19.4 Å². The first-order valence-electron chi connectivity index (χ1n) is 13.9. The maximum Gasteiger partial charge on any atom is 0.246 e. The van der Waals surface area contributed by atoms with Crippen molar-refractivity contribution in [2.45, 2.75) is 132 Å². The second-order valence-electron chi connectivity index (χ2n) is 12.1. The molecule has 36 heavy (non-hydrogen) atoms. The topological polar surface area (TPSA) is 96.9 Å². The molecule has 7 nitrogen and oxygen atoms in total. The van der Waals surface area contributed by atoms with Gasteiger partial charge in [0, 0.05) is 12.0 Å². The zero-order valence-corrected chi connectivity index (χ0v) is 22.5. The molecule has 0 aromatic heterocycles. The van der Waals surface area contributed by atoms with Crippen LogP contribution in [0.2, 0.25) is 0 Å². The van der Waals surface area contributed by atoms with Crippen LogP contribution in [0.1, 0.15) is 90.9 Å². The van der Waals surface area contributed by atoms with Crippen LogP contribution in [-0.2, 0) is 19.1 Å². The quantitative estimate of drug-likeness (QED) is 0.394. The van der Waals surface area contributed by atoms with Crippen LogP contribution < -0.4 is 10.6 Å². The Morgan fingerprint density at radius 2 is 1.64 bits per heavy atom. The summed E-state index contributed by atoms with van der Waals surface area (Å²) < 4.78 is 25.5. The highest BCUT2D eigenvalue weighted by atomic mass is 35.5. The van der Waals surface area contributed by atoms with Crippen molar-refractivity contribution in [1.29, 1.82) is 0 Å². The molecule has 0 radical (unpaired) electrons. The second kappa shape index (κ2) is 11.8. The van der Waals surface area contributed by atoms with E-state index in [-0.39, 0.29) is 43.7 Å². The van der Waals surface area contributed by atoms with Crippen LogP contribution in [0, 0.1) is 11.8 Å². The SMILES string of the molecule is CCC1CC(C)CC(OCC(=O)NC23CCC(NC(=O)COC4CCC(Cl)C(F)C4)(CC2)C[C@@H]3O)C1. The first-order valence-corrected chi connectivity index (χ1v) is 14.4. The highest BCUT2D eigenvalue weighted by molar-refractivity contribution is 6.21. The van der Waals surface area contributed by atoms with Gasteiger partial charge in [-0.3, -0.25) is 9.59 Å². The minimum atomic E-state index is -1.10. The van der Waals surface area contributed by atoms with Gasteiger partial charge in [-0.25, -0.2) is 4.39 Å². The third-order valence-electron chi connectivity index (χ3n) is 9.23. The number of nitrogens with one attached hydrogen (secondary N) is 2. The number of ether oxygens (including phenoxy) is 2. The third kappa shape index (κ3) is 6.72. The number of alkyl halides is 2. The van der Waals surface area contributed by atoms with E-state index in [1.54, 1.807) is 0 Å². The average molecular weight is 531 g/mol. The Kier molecular flexibility index (Phi) is 9.22.